The molecule has 5 aromatic rings. The third-order valence-electron chi connectivity index (χ3n) is 9.33. The van der Waals surface area contributed by atoms with Gasteiger partial charge < -0.3 is 29.6 Å². The van der Waals surface area contributed by atoms with Crippen LogP contribution in [0.15, 0.2) is 83.0 Å². The number of aromatic amines is 1. The predicted octanol–water partition coefficient (Wildman–Crippen LogP) is 4.25. The van der Waals surface area contributed by atoms with Gasteiger partial charge in [-0.15, -0.1) is 0 Å². The molecule has 0 aliphatic carbocycles. The number of H-pyrrole nitrogens is 1. The molecule has 21 nitrogen and oxygen atoms in total. The van der Waals surface area contributed by atoms with E-state index in [1.54, 1.807) is 24.3 Å². The fraction of sp³-hybridized carbons (Fsp3) is 0.371. The Morgan fingerprint density at radius 1 is 0.967 bits per heavy atom. The summed E-state index contributed by atoms with van der Waals surface area (Å²) in [7, 11) is -2.31. The second-order valence-electron chi connectivity index (χ2n) is 13.3. The number of hydrogen-bond donors (Lipinski definition) is 3. The molecule has 326 valence electrons. The zero-order valence-corrected chi connectivity index (χ0v) is 34.5. The summed E-state index contributed by atoms with van der Waals surface area (Å²) in [5.41, 5.74) is 5.24. The number of aromatic nitrogens is 6. The number of imidazole rings is 1. The Labute approximate surface area is 347 Å². The molecule has 2 aromatic carbocycles. The van der Waals surface area contributed by atoms with E-state index in [9.17, 15) is 28.4 Å². The van der Waals surface area contributed by atoms with Gasteiger partial charge in [0, 0.05) is 31.5 Å². The van der Waals surface area contributed by atoms with Gasteiger partial charge in [-0.1, -0.05) is 12.1 Å². The summed E-state index contributed by atoms with van der Waals surface area (Å²) in [5, 5.41) is 0. The first-order valence-corrected chi connectivity index (χ1v) is 22.7. The zero-order valence-electron chi connectivity index (χ0n) is 31.9. The highest BCUT2D eigenvalue weighted by Crippen LogP contribution is 2.64. The van der Waals surface area contributed by atoms with Gasteiger partial charge in [0.15, 0.2) is 30.1 Å². The van der Waals surface area contributed by atoms with Gasteiger partial charge in [0.2, 0.25) is 0 Å². The third kappa shape index (κ3) is 10.3. The van der Waals surface area contributed by atoms with Crippen molar-refractivity contribution in [1.29, 1.82) is 0 Å². The molecule has 4 N–H and O–H groups in total. The fourth-order valence-corrected chi connectivity index (χ4v) is 10.1. The van der Waals surface area contributed by atoms with Crippen LogP contribution in [0, 0.1) is 0 Å². The van der Waals surface area contributed by atoms with E-state index in [4.69, 9.17) is 38.3 Å². The van der Waals surface area contributed by atoms with Crippen LogP contribution in [0.2, 0.25) is 0 Å². The zero-order chi connectivity index (χ0) is 43.5. The summed E-state index contributed by atoms with van der Waals surface area (Å²) in [4.78, 5) is 61.1. The van der Waals surface area contributed by atoms with E-state index in [-0.39, 0.29) is 40.5 Å². The van der Waals surface area contributed by atoms with Gasteiger partial charge in [0.05, 0.1) is 38.3 Å². The molecular formula is C35H37F2N7O14P2S. The molecule has 0 bridgehead atoms. The monoisotopic (exact) mass is 911 g/mol. The minimum Gasteiger partial charge on any atom is -0.497 e. The summed E-state index contributed by atoms with van der Waals surface area (Å²) in [6, 6.07) is 13.3. The molecule has 9 atom stereocenters. The molecule has 5 heterocycles. The average Bonchev–Trinajstić information content (AvgIpc) is 3.94. The summed E-state index contributed by atoms with van der Waals surface area (Å²) in [5.74, 6) is 0.0583. The molecule has 1 unspecified atom stereocenters. The summed E-state index contributed by atoms with van der Waals surface area (Å²) < 4.78 is 104. The maximum Gasteiger partial charge on any atom is 0.472 e. The van der Waals surface area contributed by atoms with Gasteiger partial charge in [-0.25, -0.2) is 42.5 Å². The predicted molar refractivity (Wildman–Crippen MR) is 210 cm³/mol. The van der Waals surface area contributed by atoms with Gasteiger partial charge in [-0.3, -0.25) is 37.0 Å². The highest BCUT2D eigenvalue weighted by atomic mass is 32.7. The first-order valence-electron chi connectivity index (χ1n) is 18.0. The Kier molecular flexibility index (Phi) is 13.5. The molecule has 0 radical (unpaired) electrons. The van der Waals surface area contributed by atoms with E-state index in [0.29, 0.717) is 27.3 Å². The van der Waals surface area contributed by atoms with Gasteiger partial charge in [0.1, 0.15) is 41.7 Å². The Balaban J connectivity index is 1.11. The van der Waals surface area contributed by atoms with Crippen molar-refractivity contribution in [3.63, 3.8) is 0 Å². The number of nitrogen functional groups attached to an aromatic ring is 1. The van der Waals surface area contributed by atoms with Crippen molar-refractivity contribution in [3.05, 3.63) is 105 Å². The first kappa shape index (κ1) is 44.2. The van der Waals surface area contributed by atoms with E-state index >= 15 is 8.78 Å². The van der Waals surface area contributed by atoms with Gasteiger partial charge >= 0.3 is 26.3 Å². The molecular weight excluding hydrogens is 874 g/mol. The number of nitrogens with two attached hydrogens (primary N) is 1. The molecule has 2 fully saturated rings. The number of ether oxygens (including phenoxy) is 4. The van der Waals surface area contributed by atoms with Crippen molar-refractivity contribution in [1.82, 2.24) is 29.1 Å². The number of rotatable bonds is 17. The number of hydrogen-bond acceptors (Lipinski definition) is 18. The van der Waals surface area contributed by atoms with Crippen molar-refractivity contribution < 1.29 is 64.6 Å². The molecule has 7 rings (SSSR count). The van der Waals surface area contributed by atoms with Gasteiger partial charge in [-0.2, -0.15) is 0 Å². The highest BCUT2D eigenvalue weighted by Gasteiger charge is 2.52. The maximum absolute atomic E-state index is 16.5. The van der Waals surface area contributed by atoms with Gasteiger partial charge in [0.25, 0.3) is 5.56 Å². The van der Waals surface area contributed by atoms with Crippen LogP contribution in [0.3, 0.4) is 0 Å². The minimum atomic E-state index is -4.69. The van der Waals surface area contributed by atoms with Crippen molar-refractivity contribution in [2.24, 2.45) is 0 Å². The first-order chi connectivity index (χ1) is 29.2. The quantitative estimate of drug-likeness (QED) is 0.0668. The number of phosphoric acid groups is 1. The van der Waals surface area contributed by atoms with Crippen molar-refractivity contribution in [3.8, 4) is 11.5 Å². The number of carbonyl (C=O) groups excluding carboxylic acids is 1. The second kappa shape index (κ2) is 18.6. The molecule has 2 aliphatic heterocycles. The van der Waals surface area contributed by atoms with Crippen molar-refractivity contribution in [2.75, 3.05) is 33.2 Å². The van der Waals surface area contributed by atoms with Gasteiger partial charge in [-0.05, 0) is 53.3 Å². The number of phosphoric ester groups is 1. The lowest BCUT2D eigenvalue weighted by atomic mass is 10.1. The number of fused-ring (bicyclic) bond motifs is 1. The normalized spacial score (nSPS) is 24.6. The number of carbonyl (C=O) groups is 1. The lowest BCUT2D eigenvalue weighted by Crippen LogP contribution is -2.36. The van der Waals surface area contributed by atoms with E-state index in [0.717, 1.165) is 19.4 Å². The van der Waals surface area contributed by atoms with Crippen LogP contribution in [-0.4, -0.2) is 98.0 Å². The maximum atomic E-state index is 16.5. The number of benzene rings is 2. The lowest BCUT2D eigenvalue weighted by Gasteiger charge is -2.26. The molecule has 0 saturated carbocycles. The SMILES string of the molecule is COc1ccc(C(=O)Oc2ccc(CS[P@@](=O)(OC[C@@H]3C[C@@H](F)[C@H](n4cnc5c(N)ncnc54)O3)O[C@H]3[C@@H](F)[C@H](n4ccc(=O)[nH]c4=O)O[C@@H]3COP(=O)(O)OC)cc2)cc1. The number of nitrogens with zero attached hydrogens (tertiary/aromatic N) is 5. The number of nitrogens with one attached hydrogen (secondary N) is 1. The van der Waals surface area contributed by atoms with E-state index in [1.165, 1.54) is 48.6 Å². The molecule has 26 heteroatoms. The standard InChI is InChI=1S/C35H37F2N7O14P2S/c1-51-21-9-5-20(6-10-21)34(46)56-22-7-3-19(4-8-22)16-61-60(50,54-14-23-13-24(36)32(55-23)44-18-41-28-30(38)39-17-40-31(28)44)58-29-25(15-53-59(48,49)52-2)57-33(27(29)37)43-12-11-26(45)42-35(43)47/h3-12,17-18,23-25,27,29,32-33H,13-16H2,1-2H3,(H,48,49)(H2,38,39,40)(H,42,45,47)/t23-,24+,25+,27+,29+,32+,33+,60-/m0/s1. The Bertz CT molecular complexity index is 2570. The largest absolute Gasteiger partial charge is 0.497 e. The third-order valence-corrected chi connectivity index (χ3v) is 13.9. The number of halogens is 2. The summed E-state index contributed by atoms with van der Waals surface area (Å²) in [6.07, 6.45) is -8.42. The van der Waals surface area contributed by atoms with Crippen LogP contribution in [0.1, 0.15) is 34.8 Å². The van der Waals surface area contributed by atoms with Crippen LogP contribution in [0.4, 0.5) is 14.6 Å². The van der Waals surface area contributed by atoms with E-state index in [2.05, 4.69) is 19.5 Å². The van der Waals surface area contributed by atoms with Crippen molar-refractivity contribution >= 4 is 49.0 Å². The number of methoxy groups -OCH3 is 1. The topological polar surface area (TPSA) is 270 Å². The number of alkyl halides is 2. The average molecular weight is 912 g/mol. The Hall–Kier alpha value is -4.87. The summed E-state index contributed by atoms with van der Waals surface area (Å²) in [6.45, 7) is -6.03. The van der Waals surface area contributed by atoms with Crippen LogP contribution in [0.25, 0.3) is 11.2 Å². The van der Waals surface area contributed by atoms with E-state index < -0.39 is 88.2 Å². The second-order valence-corrected chi connectivity index (χ2v) is 18.9. The molecule has 2 saturated heterocycles. The van der Waals surface area contributed by atoms with Crippen LogP contribution in [0.5, 0.6) is 11.5 Å². The Morgan fingerprint density at radius 3 is 2.41 bits per heavy atom. The molecule has 61 heavy (non-hydrogen) atoms. The molecule has 0 amide bonds. The number of anilines is 1. The van der Waals surface area contributed by atoms with Crippen molar-refractivity contribution in [2.45, 2.75) is 55.3 Å². The molecule has 2 aliphatic rings. The smallest absolute Gasteiger partial charge is 0.472 e. The van der Waals surface area contributed by atoms with E-state index in [1.807, 2.05) is 4.98 Å². The summed E-state index contributed by atoms with van der Waals surface area (Å²) >= 11 is 0.593. The fourth-order valence-electron chi connectivity index (χ4n) is 6.26. The lowest BCUT2D eigenvalue weighted by molar-refractivity contribution is -0.0491. The molecule has 3 aromatic heterocycles. The molecule has 0 spiro atoms. The highest BCUT2D eigenvalue weighted by molar-refractivity contribution is 8.54. The minimum absolute atomic E-state index is 0.0684. The number of esters is 1. The van der Waals surface area contributed by atoms with Crippen LogP contribution >= 0.6 is 26.0 Å². The Morgan fingerprint density at radius 2 is 1.70 bits per heavy atom. The van der Waals surface area contributed by atoms with Crippen LogP contribution < -0.4 is 26.5 Å². The van der Waals surface area contributed by atoms with Crippen LogP contribution in [-0.2, 0) is 42.5 Å².